The van der Waals surface area contributed by atoms with E-state index in [1.54, 1.807) is 12.1 Å². The number of benzene rings is 1. The van der Waals surface area contributed by atoms with Crippen LogP contribution in [0.5, 0.6) is 5.75 Å². The monoisotopic (exact) mass is 289 g/mol. The summed E-state index contributed by atoms with van der Waals surface area (Å²) in [5, 5.41) is 3.25. The Hall–Kier alpha value is -0.610. The Morgan fingerprint density at radius 2 is 2.19 bits per heavy atom. The highest BCUT2D eigenvalue weighted by Crippen LogP contribution is 2.20. The van der Waals surface area contributed by atoms with Crippen LogP contribution in [0, 0.1) is 11.7 Å². The van der Waals surface area contributed by atoms with Gasteiger partial charge < -0.3 is 10.1 Å². The van der Waals surface area contributed by atoms with Crippen molar-refractivity contribution in [2.45, 2.75) is 13.8 Å². The first-order chi connectivity index (χ1) is 7.59. The van der Waals surface area contributed by atoms with E-state index < -0.39 is 0 Å². The summed E-state index contributed by atoms with van der Waals surface area (Å²) in [6.07, 6.45) is 0. The summed E-state index contributed by atoms with van der Waals surface area (Å²) in [5.74, 6) is 0.893. The summed E-state index contributed by atoms with van der Waals surface area (Å²) >= 11 is 3.10. The Balaban J connectivity index is 2.24. The van der Waals surface area contributed by atoms with Gasteiger partial charge in [0.15, 0.2) is 0 Å². The van der Waals surface area contributed by atoms with E-state index in [9.17, 15) is 4.39 Å². The van der Waals surface area contributed by atoms with Crippen molar-refractivity contribution >= 4 is 15.9 Å². The standard InChI is InChI=1S/C12H17BrFNO/c1-9(2)8-15-5-6-16-10-3-4-11(13)12(14)7-10/h3-4,7,9,15H,5-6,8H2,1-2H3. The summed E-state index contributed by atoms with van der Waals surface area (Å²) < 4.78 is 19.0. The predicted octanol–water partition coefficient (Wildman–Crippen LogP) is 3.21. The minimum atomic E-state index is -0.298. The quantitative estimate of drug-likeness (QED) is 0.812. The van der Waals surface area contributed by atoms with Gasteiger partial charge in [-0.3, -0.25) is 0 Å². The van der Waals surface area contributed by atoms with Crippen molar-refractivity contribution in [1.82, 2.24) is 5.32 Å². The molecule has 0 aromatic heterocycles. The number of ether oxygens (including phenoxy) is 1. The van der Waals surface area contributed by atoms with Crippen molar-refractivity contribution < 1.29 is 9.13 Å². The molecule has 1 rings (SSSR count). The van der Waals surface area contributed by atoms with Crippen LogP contribution in [-0.4, -0.2) is 19.7 Å². The number of nitrogens with one attached hydrogen (secondary N) is 1. The summed E-state index contributed by atoms with van der Waals surface area (Å²) in [7, 11) is 0. The summed E-state index contributed by atoms with van der Waals surface area (Å²) in [6.45, 7) is 6.59. The molecule has 1 aromatic rings. The van der Waals surface area contributed by atoms with Gasteiger partial charge in [-0.1, -0.05) is 13.8 Å². The molecule has 0 amide bonds. The molecule has 0 saturated carbocycles. The molecule has 0 saturated heterocycles. The first kappa shape index (κ1) is 13.5. The van der Waals surface area contributed by atoms with Gasteiger partial charge in [-0.25, -0.2) is 4.39 Å². The lowest BCUT2D eigenvalue weighted by Crippen LogP contribution is -2.24. The van der Waals surface area contributed by atoms with Crippen molar-refractivity contribution in [3.63, 3.8) is 0 Å². The van der Waals surface area contributed by atoms with Gasteiger partial charge in [0.05, 0.1) is 4.47 Å². The summed E-state index contributed by atoms with van der Waals surface area (Å²) in [4.78, 5) is 0. The smallest absolute Gasteiger partial charge is 0.141 e. The lowest BCUT2D eigenvalue weighted by Gasteiger charge is -2.09. The highest BCUT2D eigenvalue weighted by Gasteiger charge is 2.01. The molecular weight excluding hydrogens is 273 g/mol. The highest BCUT2D eigenvalue weighted by molar-refractivity contribution is 9.10. The van der Waals surface area contributed by atoms with Crippen LogP contribution in [0.3, 0.4) is 0 Å². The van der Waals surface area contributed by atoms with Crippen molar-refractivity contribution in [1.29, 1.82) is 0 Å². The molecule has 0 atom stereocenters. The van der Waals surface area contributed by atoms with Crippen molar-refractivity contribution in [3.8, 4) is 5.75 Å². The van der Waals surface area contributed by atoms with Crippen molar-refractivity contribution in [2.75, 3.05) is 19.7 Å². The average Bonchev–Trinajstić information content (AvgIpc) is 2.22. The van der Waals surface area contributed by atoms with Gasteiger partial charge in [0.1, 0.15) is 18.2 Å². The first-order valence-corrected chi connectivity index (χ1v) is 6.17. The van der Waals surface area contributed by atoms with E-state index in [4.69, 9.17) is 4.74 Å². The van der Waals surface area contributed by atoms with E-state index in [-0.39, 0.29) is 5.82 Å². The zero-order chi connectivity index (χ0) is 12.0. The fourth-order valence-corrected chi connectivity index (χ4v) is 1.45. The molecule has 1 N–H and O–H groups in total. The third-order valence-corrected chi connectivity index (χ3v) is 2.63. The second kappa shape index (κ2) is 6.86. The molecule has 0 aliphatic rings. The zero-order valence-electron chi connectivity index (χ0n) is 9.59. The molecule has 2 nitrogen and oxygen atoms in total. The van der Waals surface area contributed by atoms with E-state index in [1.807, 2.05) is 0 Å². The maximum absolute atomic E-state index is 13.1. The molecule has 0 fully saturated rings. The van der Waals surface area contributed by atoms with Gasteiger partial charge >= 0.3 is 0 Å². The number of halogens is 2. The molecule has 0 aliphatic heterocycles. The minimum absolute atomic E-state index is 0.298. The molecule has 0 aliphatic carbocycles. The van der Waals surface area contributed by atoms with Crippen molar-refractivity contribution in [2.24, 2.45) is 5.92 Å². The maximum Gasteiger partial charge on any atom is 0.141 e. The molecule has 0 unspecified atom stereocenters. The van der Waals surface area contributed by atoms with Crippen LogP contribution >= 0.6 is 15.9 Å². The summed E-state index contributed by atoms with van der Waals surface area (Å²) in [6, 6.07) is 4.77. The molecule has 4 heteroatoms. The molecule has 0 spiro atoms. The topological polar surface area (TPSA) is 21.3 Å². The molecule has 0 heterocycles. The molecule has 0 radical (unpaired) electrons. The molecule has 0 bridgehead atoms. The Morgan fingerprint density at radius 1 is 1.44 bits per heavy atom. The normalized spacial score (nSPS) is 10.8. The van der Waals surface area contributed by atoms with Crippen molar-refractivity contribution in [3.05, 3.63) is 28.5 Å². The fraction of sp³-hybridized carbons (Fsp3) is 0.500. The minimum Gasteiger partial charge on any atom is -0.492 e. The average molecular weight is 290 g/mol. The van der Waals surface area contributed by atoms with Crippen LogP contribution < -0.4 is 10.1 Å². The van der Waals surface area contributed by atoms with Gasteiger partial charge in [0, 0.05) is 12.6 Å². The van der Waals surface area contributed by atoms with Crippen LogP contribution in [-0.2, 0) is 0 Å². The van der Waals surface area contributed by atoms with E-state index >= 15 is 0 Å². The van der Waals surface area contributed by atoms with Crippen LogP contribution in [0.25, 0.3) is 0 Å². The fourth-order valence-electron chi connectivity index (χ4n) is 1.20. The van der Waals surface area contributed by atoms with Gasteiger partial charge in [0.2, 0.25) is 0 Å². The Bertz CT molecular complexity index is 331. The van der Waals surface area contributed by atoms with Gasteiger partial charge in [-0.15, -0.1) is 0 Å². The number of hydrogen-bond acceptors (Lipinski definition) is 2. The Labute approximate surface area is 104 Å². The number of hydrogen-bond donors (Lipinski definition) is 1. The maximum atomic E-state index is 13.1. The van der Waals surface area contributed by atoms with E-state index in [1.165, 1.54) is 6.07 Å². The van der Waals surface area contributed by atoms with Gasteiger partial charge in [-0.05, 0) is 40.5 Å². The lowest BCUT2D eigenvalue weighted by molar-refractivity contribution is 0.309. The molecule has 90 valence electrons. The Kier molecular flexibility index (Phi) is 5.77. The third kappa shape index (κ3) is 4.94. The van der Waals surface area contributed by atoms with Gasteiger partial charge in [-0.2, -0.15) is 0 Å². The Morgan fingerprint density at radius 3 is 2.81 bits per heavy atom. The van der Waals surface area contributed by atoms with Crippen LogP contribution in [0.1, 0.15) is 13.8 Å². The van der Waals surface area contributed by atoms with E-state index in [2.05, 4.69) is 35.1 Å². The van der Waals surface area contributed by atoms with Crippen LogP contribution in [0.2, 0.25) is 0 Å². The van der Waals surface area contributed by atoms with Crippen LogP contribution in [0.4, 0.5) is 4.39 Å². The highest BCUT2D eigenvalue weighted by atomic mass is 79.9. The zero-order valence-corrected chi connectivity index (χ0v) is 11.2. The molecule has 16 heavy (non-hydrogen) atoms. The molecule has 1 aromatic carbocycles. The first-order valence-electron chi connectivity index (χ1n) is 5.38. The van der Waals surface area contributed by atoms with E-state index in [0.29, 0.717) is 22.7 Å². The predicted molar refractivity (Wildman–Crippen MR) is 67.3 cm³/mol. The molecular formula is C12H17BrFNO. The SMILES string of the molecule is CC(C)CNCCOc1ccc(Br)c(F)c1. The van der Waals surface area contributed by atoms with E-state index in [0.717, 1.165) is 13.1 Å². The largest absolute Gasteiger partial charge is 0.492 e. The second-order valence-corrected chi connectivity index (χ2v) is 4.88. The summed E-state index contributed by atoms with van der Waals surface area (Å²) in [5.41, 5.74) is 0. The van der Waals surface area contributed by atoms with Gasteiger partial charge in [0.25, 0.3) is 0 Å². The third-order valence-electron chi connectivity index (χ3n) is 1.99. The van der Waals surface area contributed by atoms with Crippen LogP contribution in [0.15, 0.2) is 22.7 Å². The second-order valence-electron chi connectivity index (χ2n) is 4.02. The number of rotatable bonds is 6. The lowest BCUT2D eigenvalue weighted by atomic mass is 10.2.